The van der Waals surface area contributed by atoms with Gasteiger partial charge in [-0.2, -0.15) is 0 Å². The first kappa shape index (κ1) is 19.3. The van der Waals surface area contributed by atoms with Crippen LogP contribution in [0.3, 0.4) is 0 Å². The Balaban J connectivity index is 1.91. The smallest absolute Gasteiger partial charge is 0.344 e. The van der Waals surface area contributed by atoms with E-state index in [0.717, 1.165) is 37.9 Å². The van der Waals surface area contributed by atoms with E-state index < -0.39 is 5.60 Å². The van der Waals surface area contributed by atoms with Crippen molar-refractivity contribution in [2.75, 3.05) is 26.8 Å². The van der Waals surface area contributed by atoms with E-state index in [4.69, 9.17) is 14.2 Å². The molecule has 5 nitrogen and oxygen atoms in total. The number of nitrogens with one attached hydrogen (secondary N) is 1. The Morgan fingerprint density at radius 2 is 2.04 bits per heavy atom. The van der Waals surface area contributed by atoms with Crippen molar-refractivity contribution in [3.63, 3.8) is 0 Å². The number of ether oxygens (including phenoxy) is 3. The van der Waals surface area contributed by atoms with Gasteiger partial charge in [-0.25, -0.2) is 4.79 Å². The minimum atomic E-state index is -0.486. The van der Waals surface area contributed by atoms with Crippen LogP contribution in [0.2, 0.25) is 0 Å². The van der Waals surface area contributed by atoms with E-state index in [1.807, 2.05) is 38.1 Å². The number of allylic oxidation sites excluding steroid dienone is 1. The van der Waals surface area contributed by atoms with Gasteiger partial charge in [0.1, 0.15) is 5.60 Å². The Morgan fingerprint density at radius 1 is 1.32 bits per heavy atom. The molecule has 1 fully saturated rings. The van der Waals surface area contributed by atoms with Gasteiger partial charge >= 0.3 is 5.97 Å². The van der Waals surface area contributed by atoms with Crippen molar-refractivity contribution in [3.8, 4) is 11.5 Å². The summed E-state index contributed by atoms with van der Waals surface area (Å²) in [4.78, 5) is 12.2. The fourth-order valence-electron chi connectivity index (χ4n) is 3.18. The molecule has 0 spiro atoms. The SMILES string of the molecule is C=CCc1ccc(OCC(=O)OC(C)(C)C2CCNCC2)c(OC)c1. The lowest BCUT2D eigenvalue weighted by atomic mass is 9.83. The molecule has 1 aromatic carbocycles. The van der Waals surface area contributed by atoms with Gasteiger partial charge in [-0.05, 0) is 63.9 Å². The molecule has 25 heavy (non-hydrogen) atoms. The van der Waals surface area contributed by atoms with Crippen LogP contribution in [0.1, 0.15) is 32.3 Å². The number of carbonyl (C=O) groups excluding carboxylic acids is 1. The van der Waals surface area contributed by atoms with Crippen molar-refractivity contribution in [3.05, 3.63) is 36.4 Å². The number of benzene rings is 1. The largest absolute Gasteiger partial charge is 0.493 e. The first-order valence-electron chi connectivity index (χ1n) is 8.79. The van der Waals surface area contributed by atoms with Gasteiger partial charge in [0.2, 0.25) is 0 Å². The summed E-state index contributed by atoms with van der Waals surface area (Å²) in [5.41, 5.74) is 0.592. The molecule has 2 rings (SSSR count). The summed E-state index contributed by atoms with van der Waals surface area (Å²) in [6, 6.07) is 5.63. The maximum Gasteiger partial charge on any atom is 0.344 e. The van der Waals surface area contributed by atoms with Crippen molar-refractivity contribution in [1.82, 2.24) is 5.32 Å². The number of carbonyl (C=O) groups is 1. The van der Waals surface area contributed by atoms with Gasteiger partial charge < -0.3 is 19.5 Å². The minimum Gasteiger partial charge on any atom is -0.493 e. The second-order valence-electron chi connectivity index (χ2n) is 6.87. The van der Waals surface area contributed by atoms with E-state index in [2.05, 4.69) is 11.9 Å². The molecule has 1 aromatic rings. The Bertz CT molecular complexity index is 591. The summed E-state index contributed by atoms with van der Waals surface area (Å²) in [6.07, 6.45) is 4.61. The van der Waals surface area contributed by atoms with Crippen molar-refractivity contribution in [2.45, 2.75) is 38.7 Å². The van der Waals surface area contributed by atoms with Crippen LogP contribution < -0.4 is 14.8 Å². The van der Waals surface area contributed by atoms with Gasteiger partial charge in [0.25, 0.3) is 0 Å². The highest BCUT2D eigenvalue weighted by Crippen LogP contribution is 2.30. The van der Waals surface area contributed by atoms with E-state index >= 15 is 0 Å². The van der Waals surface area contributed by atoms with E-state index in [1.165, 1.54) is 0 Å². The van der Waals surface area contributed by atoms with Crippen molar-refractivity contribution in [2.24, 2.45) is 5.92 Å². The van der Waals surface area contributed by atoms with Crippen LogP contribution in [0.15, 0.2) is 30.9 Å². The Labute approximate surface area is 150 Å². The lowest BCUT2D eigenvalue weighted by Gasteiger charge is -2.36. The van der Waals surface area contributed by atoms with Gasteiger partial charge in [0.05, 0.1) is 7.11 Å². The molecule has 1 aliphatic rings. The normalized spacial score (nSPS) is 15.5. The Morgan fingerprint density at radius 3 is 2.68 bits per heavy atom. The first-order valence-corrected chi connectivity index (χ1v) is 8.79. The third-order valence-corrected chi connectivity index (χ3v) is 4.65. The van der Waals surface area contributed by atoms with Crippen LogP contribution in [0.4, 0.5) is 0 Å². The monoisotopic (exact) mass is 347 g/mol. The van der Waals surface area contributed by atoms with E-state index in [-0.39, 0.29) is 12.6 Å². The van der Waals surface area contributed by atoms with Crippen molar-refractivity contribution >= 4 is 5.97 Å². The molecule has 5 heteroatoms. The Hall–Kier alpha value is -2.01. The summed E-state index contributed by atoms with van der Waals surface area (Å²) in [6.45, 7) is 9.49. The molecule has 0 aromatic heterocycles. The lowest BCUT2D eigenvalue weighted by molar-refractivity contribution is -0.165. The summed E-state index contributed by atoms with van der Waals surface area (Å²) < 4.78 is 16.6. The van der Waals surface area contributed by atoms with Gasteiger partial charge in [-0.15, -0.1) is 6.58 Å². The number of rotatable bonds is 8. The van der Waals surface area contributed by atoms with Crippen LogP contribution in [-0.4, -0.2) is 38.4 Å². The number of hydrogen-bond donors (Lipinski definition) is 1. The predicted octanol–water partition coefficient (Wildman–Crippen LogP) is 3.12. The summed E-state index contributed by atoms with van der Waals surface area (Å²) in [7, 11) is 1.58. The predicted molar refractivity (Wildman–Crippen MR) is 98.2 cm³/mol. The molecule has 138 valence electrons. The molecule has 0 amide bonds. The molecule has 1 heterocycles. The fraction of sp³-hybridized carbons (Fsp3) is 0.550. The summed E-state index contributed by atoms with van der Waals surface area (Å²) >= 11 is 0. The molecule has 0 saturated carbocycles. The standard InChI is InChI=1S/C20H29NO4/c1-5-6-15-7-8-17(18(13-15)23-4)24-14-19(22)25-20(2,3)16-9-11-21-12-10-16/h5,7-8,13,16,21H,1,6,9-12,14H2,2-4H3. The molecular weight excluding hydrogens is 318 g/mol. The highest BCUT2D eigenvalue weighted by Gasteiger charge is 2.34. The van der Waals surface area contributed by atoms with Crippen LogP contribution in [-0.2, 0) is 16.0 Å². The topological polar surface area (TPSA) is 56.8 Å². The zero-order valence-electron chi connectivity index (χ0n) is 15.5. The maximum atomic E-state index is 12.2. The van der Waals surface area contributed by atoms with Crippen LogP contribution in [0, 0.1) is 5.92 Å². The Kier molecular flexibility index (Phi) is 6.88. The fourth-order valence-corrected chi connectivity index (χ4v) is 3.18. The van der Waals surface area contributed by atoms with Gasteiger partial charge in [0, 0.05) is 5.92 Å². The number of esters is 1. The van der Waals surface area contributed by atoms with Crippen LogP contribution >= 0.6 is 0 Å². The molecule has 1 aliphatic heterocycles. The molecule has 1 saturated heterocycles. The molecule has 0 unspecified atom stereocenters. The molecule has 1 N–H and O–H groups in total. The molecule has 0 radical (unpaired) electrons. The zero-order chi connectivity index (χ0) is 18.3. The van der Waals surface area contributed by atoms with Gasteiger partial charge in [0.15, 0.2) is 18.1 Å². The third-order valence-electron chi connectivity index (χ3n) is 4.65. The van der Waals surface area contributed by atoms with E-state index in [1.54, 1.807) is 7.11 Å². The highest BCUT2D eigenvalue weighted by molar-refractivity contribution is 5.71. The molecule has 0 aliphatic carbocycles. The second-order valence-corrected chi connectivity index (χ2v) is 6.87. The van der Waals surface area contributed by atoms with Gasteiger partial charge in [-0.1, -0.05) is 12.1 Å². The zero-order valence-corrected chi connectivity index (χ0v) is 15.5. The summed E-state index contributed by atoms with van der Waals surface area (Å²) in [5.74, 6) is 1.14. The molecular formula is C20H29NO4. The van der Waals surface area contributed by atoms with Gasteiger partial charge in [-0.3, -0.25) is 0 Å². The number of hydrogen-bond acceptors (Lipinski definition) is 5. The minimum absolute atomic E-state index is 0.133. The van der Waals surface area contributed by atoms with Crippen LogP contribution in [0.25, 0.3) is 0 Å². The van der Waals surface area contributed by atoms with Crippen molar-refractivity contribution < 1.29 is 19.0 Å². The van der Waals surface area contributed by atoms with Crippen LogP contribution in [0.5, 0.6) is 11.5 Å². The average Bonchev–Trinajstić information content (AvgIpc) is 2.61. The first-order chi connectivity index (χ1) is 12.0. The van der Waals surface area contributed by atoms with E-state index in [0.29, 0.717) is 17.4 Å². The summed E-state index contributed by atoms with van der Waals surface area (Å²) in [5, 5.41) is 3.33. The average molecular weight is 347 g/mol. The van der Waals surface area contributed by atoms with Crippen molar-refractivity contribution in [1.29, 1.82) is 0 Å². The number of methoxy groups -OCH3 is 1. The third kappa shape index (κ3) is 5.49. The second kappa shape index (κ2) is 8.90. The van der Waals surface area contributed by atoms with E-state index in [9.17, 15) is 4.79 Å². The lowest BCUT2D eigenvalue weighted by Crippen LogP contribution is -2.43. The quantitative estimate of drug-likeness (QED) is 0.578. The number of piperidine rings is 1. The maximum absolute atomic E-state index is 12.2. The molecule has 0 atom stereocenters. The highest BCUT2D eigenvalue weighted by atomic mass is 16.6. The molecule has 0 bridgehead atoms.